The molecule has 7 nitrogen and oxygen atoms in total. The highest BCUT2D eigenvalue weighted by atomic mass is 16.5. The molecule has 7 heteroatoms. The molecular formula is C15H19N3O4. The lowest BCUT2D eigenvalue weighted by Crippen LogP contribution is -2.30. The Labute approximate surface area is 127 Å². The number of likely N-dealkylation sites (tertiary alicyclic amines) is 1. The minimum atomic E-state index is -0.263. The predicted octanol–water partition coefficient (Wildman–Crippen LogP) is 1.18. The lowest BCUT2D eigenvalue weighted by Gasteiger charge is -2.14. The van der Waals surface area contributed by atoms with Crippen LogP contribution in [0.2, 0.25) is 0 Å². The summed E-state index contributed by atoms with van der Waals surface area (Å²) in [5.41, 5.74) is 0.307. The van der Waals surface area contributed by atoms with Gasteiger partial charge in [0, 0.05) is 20.2 Å². The quantitative estimate of drug-likeness (QED) is 0.847. The van der Waals surface area contributed by atoms with Crippen molar-refractivity contribution in [3.8, 4) is 0 Å². The van der Waals surface area contributed by atoms with Crippen LogP contribution in [0.15, 0.2) is 15.5 Å². The van der Waals surface area contributed by atoms with Crippen molar-refractivity contribution in [1.29, 1.82) is 0 Å². The second-order valence-electron chi connectivity index (χ2n) is 5.45. The van der Waals surface area contributed by atoms with Gasteiger partial charge < -0.3 is 14.1 Å². The van der Waals surface area contributed by atoms with Gasteiger partial charge in [-0.25, -0.2) is 4.98 Å². The average molecular weight is 305 g/mol. The Morgan fingerprint density at radius 2 is 2.14 bits per heavy atom. The number of furan rings is 1. The highest BCUT2D eigenvalue weighted by molar-refractivity contribution is 6.06. The van der Waals surface area contributed by atoms with Gasteiger partial charge in [-0.15, -0.1) is 0 Å². The number of ether oxygens (including phenoxy) is 1. The SMILES string of the molecule is COCCn1cnc2oc(C)c(C(=O)N3CCCC3)c2c1=O. The Balaban J connectivity index is 2.10. The molecule has 2 aromatic rings. The fourth-order valence-electron chi connectivity index (χ4n) is 2.82. The largest absolute Gasteiger partial charge is 0.442 e. The summed E-state index contributed by atoms with van der Waals surface area (Å²) in [5, 5.41) is 0.271. The van der Waals surface area contributed by atoms with Gasteiger partial charge in [0.05, 0.1) is 18.7 Å². The number of carbonyl (C=O) groups excluding carboxylic acids is 1. The van der Waals surface area contributed by atoms with Crippen molar-refractivity contribution in [3.05, 3.63) is 28.0 Å². The Hall–Kier alpha value is -2.15. The summed E-state index contributed by atoms with van der Waals surface area (Å²) in [6.07, 6.45) is 3.42. The second-order valence-corrected chi connectivity index (χ2v) is 5.45. The summed E-state index contributed by atoms with van der Waals surface area (Å²) in [7, 11) is 1.57. The van der Waals surface area contributed by atoms with Gasteiger partial charge in [0.25, 0.3) is 11.5 Å². The van der Waals surface area contributed by atoms with Crippen LogP contribution in [0.5, 0.6) is 0 Å². The summed E-state index contributed by atoms with van der Waals surface area (Å²) in [6, 6.07) is 0. The minimum Gasteiger partial charge on any atom is -0.442 e. The molecule has 1 saturated heterocycles. The third-order valence-electron chi connectivity index (χ3n) is 4.00. The first-order valence-corrected chi connectivity index (χ1v) is 7.40. The van der Waals surface area contributed by atoms with Gasteiger partial charge in [-0.05, 0) is 19.8 Å². The molecule has 1 fully saturated rings. The standard InChI is InChI=1S/C15H19N3O4/c1-10-11(14(19)17-5-3-4-6-17)12-13(22-10)16-9-18(15(12)20)7-8-21-2/h9H,3-8H2,1-2H3. The molecule has 0 aliphatic carbocycles. The van der Waals surface area contributed by atoms with E-state index in [1.54, 1.807) is 18.9 Å². The van der Waals surface area contributed by atoms with Crippen molar-refractivity contribution in [2.24, 2.45) is 0 Å². The molecule has 0 atom stereocenters. The number of carbonyl (C=O) groups is 1. The number of rotatable bonds is 4. The first-order chi connectivity index (χ1) is 10.6. The van der Waals surface area contributed by atoms with E-state index < -0.39 is 0 Å². The van der Waals surface area contributed by atoms with Crippen LogP contribution in [-0.2, 0) is 11.3 Å². The molecule has 0 radical (unpaired) electrons. The Morgan fingerprint density at radius 3 is 2.82 bits per heavy atom. The summed E-state index contributed by atoms with van der Waals surface area (Å²) in [6.45, 7) is 3.94. The molecule has 1 aliphatic rings. The summed E-state index contributed by atoms with van der Waals surface area (Å²) in [5.74, 6) is 0.304. The highest BCUT2D eigenvalue weighted by Crippen LogP contribution is 2.24. The van der Waals surface area contributed by atoms with Crippen LogP contribution in [0.4, 0.5) is 0 Å². The van der Waals surface area contributed by atoms with Crippen molar-refractivity contribution in [1.82, 2.24) is 14.5 Å². The number of hydrogen-bond donors (Lipinski definition) is 0. The zero-order valence-corrected chi connectivity index (χ0v) is 12.8. The zero-order chi connectivity index (χ0) is 15.7. The fourth-order valence-corrected chi connectivity index (χ4v) is 2.82. The maximum Gasteiger partial charge on any atom is 0.265 e. The van der Waals surface area contributed by atoms with Gasteiger partial charge in [0.1, 0.15) is 17.5 Å². The first-order valence-electron chi connectivity index (χ1n) is 7.40. The predicted molar refractivity (Wildman–Crippen MR) is 80.0 cm³/mol. The lowest BCUT2D eigenvalue weighted by molar-refractivity contribution is 0.0792. The number of nitrogens with zero attached hydrogens (tertiary/aromatic N) is 3. The monoisotopic (exact) mass is 305 g/mol. The maximum atomic E-state index is 12.7. The Morgan fingerprint density at radius 1 is 1.41 bits per heavy atom. The maximum absolute atomic E-state index is 12.7. The fraction of sp³-hybridized carbons (Fsp3) is 0.533. The molecule has 0 aromatic carbocycles. The van der Waals surface area contributed by atoms with E-state index in [0.29, 0.717) is 24.5 Å². The summed E-state index contributed by atoms with van der Waals surface area (Å²) >= 11 is 0. The third kappa shape index (κ3) is 2.41. The van der Waals surface area contributed by atoms with Crippen molar-refractivity contribution in [2.75, 3.05) is 26.8 Å². The van der Waals surface area contributed by atoms with Crippen molar-refractivity contribution in [3.63, 3.8) is 0 Å². The van der Waals surface area contributed by atoms with Crippen LogP contribution >= 0.6 is 0 Å². The number of amides is 1. The van der Waals surface area contributed by atoms with Crippen molar-refractivity contribution >= 4 is 17.0 Å². The minimum absolute atomic E-state index is 0.142. The molecule has 0 unspecified atom stereocenters. The molecule has 1 aliphatic heterocycles. The molecule has 22 heavy (non-hydrogen) atoms. The van der Waals surface area contributed by atoms with Crippen molar-refractivity contribution < 1.29 is 13.9 Å². The molecule has 118 valence electrons. The van der Waals surface area contributed by atoms with E-state index in [9.17, 15) is 9.59 Å². The molecule has 3 rings (SSSR count). The van der Waals surface area contributed by atoms with Crippen LogP contribution in [-0.4, -0.2) is 47.2 Å². The summed E-state index contributed by atoms with van der Waals surface area (Å²) in [4.78, 5) is 31.2. The van der Waals surface area contributed by atoms with E-state index >= 15 is 0 Å². The van der Waals surface area contributed by atoms with E-state index in [2.05, 4.69) is 4.98 Å². The number of aromatic nitrogens is 2. The molecule has 3 heterocycles. The Kier molecular flexibility index (Phi) is 3.98. The topological polar surface area (TPSA) is 77.6 Å². The van der Waals surface area contributed by atoms with Gasteiger partial charge in [-0.1, -0.05) is 0 Å². The number of fused-ring (bicyclic) bond motifs is 1. The molecule has 0 saturated carbocycles. The average Bonchev–Trinajstić information content (AvgIpc) is 3.13. The molecule has 0 spiro atoms. The van der Waals surface area contributed by atoms with E-state index in [0.717, 1.165) is 25.9 Å². The number of hydrogen-bond acceptors (Lipinski definition) is 5. The van der Waals surface area contributed by atoms with Crippen LogP contribution in [0.25, 0.3) is 11.1 Å². The van der Waals surface area contributed by atoms with E-state index in [1.165, 1.54) is 10.9 Å². The number of aryl methyl sites for hydroxylation is 1. The highest BCUT2D eigenvalue weighted by Gasteiger charge is 2.28. The van der Waals surface area contributed by atoms with Gasteiger partial charge in [-0.3, -0.25) is 14.2 Å². The third-order valence-corrected chi connectivity index (χ3v) is 4.00. The van der Waals surface area contributed by atoms with Crippen LogP contribution in [0, 0.1) is 6.92 Å². The molecular weight excluding hydrogens is 286 g/mol. The van der Waals surface area contributed by atoms with Gasteiger partial charge in [0.15, 0.2) is 0 Å². The summed E-state index contributed by atoms with van der Waals surface area (Å²) < 4.78 is 12.0. The second kappa shape index (κ2) is 5.92. The van der Waals surface area contributed by atoms with Gasteiger partial charge >= 0.3 is 0 Å². The van der Waals surface area contributed by atoms with Crippen LogP contribution < -0.4 is 5.56 Å². The lowest BCUT2D eigenvalue weighted by atomic mass is 10.1. The normalized spacial score (nSPS) is 14.9. The van der Waals surface area contributed by atoms with Gasteiger partial charge in [0.2, 0.25) is 5.71 Å². The van der Waals surface area contributed by atoms with Crippen LogP contribution in [0.1, 0.15) is 29.0 Å². The molecule has 2 aromatic heterocycles. The van der Waals surface area contributed by atoms with Crippen LogP contribution in [0.3, 0.4) is 0 Å². The van der Waals surface area contributed by atoms with Crippen molar-refractivity contribution in [2.45, 2.75) is 26.3 Å². The van der Waals surface area contributed by atoms with E-state index in [4.69, 9.17) is 9.15 Å². The van der Waals surface area contributed by atoms with E-state index in [1.807, 2.05) is 0 Å². The Bertz CT molecular complexity index is 756. The molecule has 0 N–H and O–H groups in total. The first kappa shape index (κ1) is 14.8. The molecule has 1 amide bonds. The zero-order valence-electron chi connectivity index (χ0n) is 12.8. The van der Waals surface area contributed by atoms with E-state index in [-0.39, 0.29) is 22.6 Å². The smallest absolute Gasteiger partial charge is 0.265 e. The van der Waals surface area contributed by atoms with Gasteiger partial charge in [-0.2, -0.15) is 0 Å². The molecule has 0 bridgehead atoms. The number of methoxy groups -OCH3 is 1.